The van der Waals surface area contributed by atoms with Gasteiger partial charge in [0.05, 0.1) is 18.2 Å². The van der Waals surface area contributed by atoms with Crippen LogP contribution in [-0.4, -0.2) is 27.2 Å². The number of rotatable bonds is 2. The van der Waals surface area contributed by atoms with Crippen molar-refractivity contribution >= 4 is 11.2 Å². The molecule has 2 N–H and O–H groups in total. The first kappa shape index (κ1) is 11.5. The first-order chi connectivity index (χ1) is 9.17. The van der Waals surface area contributed by atoms with Gasteiger partial charge in [-0.15, -0.1) is 0 Å². The van der Waals surface area contributed by atoms with Crippen LogP contribution >= 0.6 is 0 Å². The molecular weight excluding hydrogens is 242 g/mol. The Bertz CT molecular complexity index is 750. The number of H-pyrrole nitrogens is 1. The number of phenols is 1. The molecule has 96 valence electrons. The average Bonchev–Trinajstić information content (AvgIpc) is 2.82. The summed E-state index contributed by atoms with van der Waals surface area (Å²) in [7, 11) is 1.58. The SMILES string of the molecule is COc1ccc(O)c(-c2nc3nc(C)ccc3[nH]2)c1. The quantitative estimate of drug-likeness (QED) is 0.738. The number of aromatic hydroxyl groups is 1. The van der Waals surface area contributed by atoms with Crippen LogP contribution in [-0.2, 0) is 0 Å². The molecule has 0 amide bonds. The molecule has 0 bridgehead atoms. The van der Waals surface area contributed by atoms with Crippen molar-refractivity contribution in [2.75, 3.05) is 7.11 Å². The lowest BCUT2D eigenvalue weighted by Gasteiger charge is -2.04. The Morgan fingerprint density at radius 3 is 2.79 bits per heavy atom. The molecule has 2 aromatic heterocycles. The Hall–Kier alpha value is -2.56. The lowest BCUT2D eigenvalue weighted by molar-refractivity contribution is 0.412. The van der Waals surface area contributed by atoms with E-state index in [-0.39, 0.29) is 5.75 Å². The predicted octanol–water partition coefficient (Wildman–Crippen LogP) is 2.65. The maximum Gasteiger partial charge on any atom is 0.178 e. The molecule has 0 spiro atoms. The minimum absolute atomic E-state index is 0.150. The topological polar surface area (TPSA) is 71.0 Å². The second kappa shape index (κ2) is 4.28. The molecule has 1 aromatic carbocycles. The van der Waals surface area contributed by atoms with E-state index in [1.165, 1.54) is 0 Å². The van der Waals surface area contributed by atoms with Crippen LogP contribution in [0.25, 0.3) is 22.6 Å². The zero-order chi connectivity index (χ0) is 13.4. The number of aromatic nitrogens is 3. The van der Waals surface area contributed by atoms with Gasteiger partial charge < -0.3 is 14.8 Å². The molecule has 5 nitrogen and oxygen atoms in total. The number of hydrogen-bond donors (Lipinski definition) is 2. The Kier molecular flexibility index (Phi) is 2.59. The number of benzene rings is 1. The zero-order valence-corrected chi connectivity index (χ0v) is 10.6. The molecule has 0 saturated carbocycles. The lowest BCUT2D eigenvalue weighted by atomic mass is 10.2. The highest BCUT2D eigenvalue weighted by molar-refractivity contribution is 5.78. The summed E-state index contributed by atoms with van der Waals surface area (Å²) < 4.78 is 5.16. The molecule has 3 rings (SSSR count). The molecule has 2 heterocycles. The monoisotopic (exact) mass is 255 g/mol. The van der Waals surface area contributed by atoms with E-state index in [0.717, 1.165) is 11.2 Å². The third-order valence-corrected chi connectivity index (χ3v) is 2.94. The molecule has 3 aromatic rings. The van der Waals surface area contributed by atoms with Gasteiger partial charge in [0, 0.05) is 5.69 Å². The molecule has 0 unspecified atom stereocenters. The lowest BCUT2D eigenvalue weighted by Crippen LogP contribution is -1.86. The minimum Gasteiger partial charge on any atom is -0.507 e. The van der Waals surface area contributed by atoms with Crippen molar-refractivity contribution < 1.29 is 9.84 Å². The van der Waals surface area contributed by atoms with Crippen molar-refractivity contribution in [2.45, 2.75) is 6.92 Å². The molecular formula is C14H13N3O2. The summed E-state index contributed by atoms with van der Waals surface area (Å²) in [5.74, 6) is 1.39. The first-order valence-electron chi connectivity index (χ1n) is 5.88. The van der Waals surface area contributed by atoms with Gasteiger partial charge in [-0.3, -0.25) is 0 Å². The summed E-state index contributed by atoms with van der Waals surface area (Å²) in [6.45, 7) is 1.91. The Morgan fingerprint density at radius 1 is 1.16 bits per heavy atom. The summed E-state index contributed by atoms with van der Waals surface area (Å²) in [6.07, 6.45) is 0. The van der Waals surface area contributed by atoms with Gasteiger partial charge in [-0.2, -0.15) is 0 Å². The van der Waals surface area contributed by atoms with E-state index in [0.29, 0.717) is 22.8 Å². The van der Waals surface area contributed by atoms with Crippen LogP contribution in [0.15, 0.2) is 30.3 Å². The molecule has 0 fully saturated rings. The van der Waals surface area contributed by atoms with Crippen LogP contribution in [0.3, 0.4) is 0 Å². The fourth-order valence-electron chi connectivity index (χ4n) is 1.95. The summed E-state index contributed by atoms with van der Waals surface area (Å²) in [6, 6.07) is 8.85. The number of aryl methyl sites for hydroxylation is 1. The predicted molar refractivity (Wildman–Crippen MR) is 72.3 cm³/mol. The first-order valence-corrected chi connectivity index (χ1v) is 5.88. The van der Waals surface area contributed by atoms with Crippen LogP contribution < -0.4 is 4.74 Å². The van der Waals surface area contributed by atoms with Crippen LogP contribution in [0.1, 0.15) is 5.69 Å². The number of imidazole rings is 1. The highest BCUT2D eigenvalue weighted by Gasteiger charge is 2.11. The highest BCUT2D eigenvalue weighted by atomic mass is 16.5. The molecule has 0 radical (unpaired) electrons. The van der Waals surface area contributed by atoms with Gasteiger partial charge in [0.1, 0.15) is 17.3 Å². The van der Waals surface area contributed by atoms with Gasteiger partial charge in [-0.05, 0) is 37.3 Å². The normalized spacial score (nSPS) is 10.8. The third kappa shape index (κ3) is 1.99. The maximum atomic E-state index is 9.93. The summed E-state index contributed by atoms with van der Waals surface area (Å²) in [5, 5.41) is 9.93. The van der Waals surface area contributed by atoms with E-state index in [9.17, 15) is 5.11 Å². The standard InChI is InChI=1S/C14H13N3O2/c1-8-3-5-11-14(15-8)17-13(16-11)10-7-9(19-2)4-6-12(10)18/h3-7,18H,1-2H3,(H,15,16,17). The molecule has 0 aliphatic carbocycles. The summed E-state index contributed by atoms with van der Waals surface area (Å²) in [5.41, 5.74) is 2.97. The number of ether oxygens (including phenoxy) is 1. The van der Waals surface area contributed by atoms with E-state index in [1.807, 2.05) is 19.1 Å². The third-order valence-electron chi connectivity index (χ3n) is 2.94. The number of nitrogens with zero attached hydrogens (tertiary/aromatic N) is 2. The summed E-state index contributed by atoms with van der Waals surface area (Å²) >= 11 is 0. The number of fused-ring (bicyclic) bond motifs is 1. The van der Waals surface area contributed by atoms with Gasteiger partial charge in [0.25, 0.3) is 0 Å². The fourth-order valence-corrected chi connectivity index (χ4v) is 1.95. The van der Waals surface area contributed by atoms with Crippen molar-refractivity contribution in [3.63, 3.8) is 0 Å². The van der Waals surface area contributed by atoms with Gasteiger partial charge >= 0.3 is 0 Å². The number of nitrogens with one attached hydrogen (secondary N) is 1. The van der Waals surface area contributed by atoms with Crippen molar-refractivity contribution in [3.8, 4) is 22.9 Å². The van der Waals surface area contributed by atoms with Crippen LogP contribution in [0, 0.1) is 6.92 Å². The number of hydrogen-bond acceptors (Lipinski definition) is 4. The van der Waals surface area contributed by atoms with Crippen LogP contribution in [0.2, 0.25) is 0 Å². The largest absolute Gasteiger partial charge is 0.507 e. The van der Waals surface area contributed by atoms with Crippen molar-refractivity contribution in [1.82, 2.24) is 15.0 Å². The number of phenolic OH excluding ortho intramolecular Hbond substituents is 1. The fraction of sp³-hybridized carbons (Fsp3) is 0.143. The number of pyridine rings is 1. The second-order valence-electron chi connectivity index (χ2n) is 4.29. The second-order valence-corrected chi connectivity index (χ2v) is 4.29. The Morgan fingerprint density at radius 2 is 2.00 bits per heavy atom. The number of aromatic amines is 1. The molecule has 0 aliphatic heterocycles. The van der Waals surface area contributed by atoms with Crippen molar-refractivity contribution in [3.05, 3.63) is 36.0 Å². The molecule has 0 aliphatic rings. The molecule has 5 heteroatoms. The van der Waals surface area contributed by atoms with Crippen molar-refractivity contribution in [1.29, 1.82) is 0 Å². The van der Waals surface area contributed by atoms with Crippen LogP contribution in [0.5, 0.6) is 11.5 Å². The highest BCUT2D eigenvalue weighted by Crippen LogP contribution is 2.31. The van der Waals surface area contributed by atoms with Gasteiger partial charge in [0.15, 0.2) is 5.65 Å². The van der Waals surface area contributed by atoms with Gasteiger partial charge in [-0.1, -0.05) is 0 Å². The van der Waals surface area contributed by atoms with E-state index in [2.05, 4.69) is 15.0 Å². The van der Waals surface area contributed by atoms with Crippen molar-refractivity contribution in [2.24, 2.45) is 0 Å². The zero-order valence-electron chi connectivity index (χ0n) is 10.6. The van der Waals surface area contributed by atoms with E-state index >= 15 is 0 Å². The number of methoxy groups -OCH3 is 1. The van der Waals surface area contributed by atoms with Gasteiger partial charge in [-0.25, -0.2) is 9.97 Å². The molecule has 19 heavy (non-hydrogen) atoms. The Balaban J connectivity index is 2.18. The maximum absolute atomic E-state index is 9.93. The van der Waals surface area contributed by atoms with E-state index in [4.69, 9.17) is 4.74 Å². The van der Waals surface area contributed by atoms with E-state index in [1.54, 1.807) is 25.3 Å². The average molecular weight is 255 g/mol. The molecule has 0 saturated heterocycles. The Labute approximate surface area is 109 Å². The molecule has 0 atom stereocenters. The minimum atomic E-state index is 0.150. The van der Waals surface area contributed by atoms with Gasteiger partial charge in [0.2, 0.25) is 0 Å². The smallest absolute Gasteiger partial charge is 0.178 e. The van der Waals surface area contributed by atoms with Crippen LogP contribution in [0.4, 0.5) is 0 Å². The van der Waals surface area contributed by atoms with E-state index < -0.39 is 0 Å². The summed E-state index contributed by atoms with van der Waals surface area (Å²) in [4.78, 5) is 11.9.